The third-order valence-corrected chi connectivity index (χ3v) is 6.11. The number of hydrogen-bond donors (Lipinski definition) is 0. The Balaban J connectivity index is 0.000000495. The highest BCUT2D eigenvalue weighted by Gasteiger charge is 2.29. The number of unbranched alkanes of at least 4 members (excludes halogenated alkanes) is 2. The fraction of sp³-hybridized carbons (Fsp3) is 0.345. The Hall–Kier alpha value is -5.00. The lowest BCUT2D eigenvalue weighted by atomic mass is 9.85. The van der Waals surface area contributed by atoms with Crippen LogP contribution in [0.15, 0.2) is 51.8 Å². The van der Waals surface area contributed by atoms with Gasteiger partial charge in [-0.2, -0.15) is 15.8 Å². The van der Waals surface area contributed by atoms with Crippen molar-refractivity contribution in [1.82, 2.24) is 0 Å². The number of rotatable bonds is 11. The van der Waals surface area contributed by atoms with Gasteiger partial charge >= 0.3 is 5.69 Å². The number of allylic oxidation sites excluding steroid dienone is 2. The highest BCUT2D eigenvalue weighted by molar-refractivity contribution is 7.99. The Morgan fingerprint density at radius 1 is 0.897 bits per heavy atom. The van der Waals surface area contributed by atoms with Crippen LogP contribution in [-0.4, -0.2) is 13.2 Å². The van der Waals surface area contributed by atoms with Gasteiger partial charge in [0.15, 0.2) is 4.98 Å². The summed E-state index contributed by atoms with van der Waals surface area (Å²) in [6.07, 6.45) is 5.87. The van der Waals surface area contributed by atoms with Crippen LogP contribution in [0.5, 0.6) is 11.5 Å². The molecule has 0 bridgehead atoms. The minimum atomic E-state index is -2.22. The summed E-state index contributed by atoms with van der Waals surface area (Å²) in [5.41, 5.74) is -1.17. The maximum atomic E-state index is 9.36. The van der Waals surface area contributed by atoms with E-state index in [4.69, 9.17) is 35.8 Å². The van der Waals surface area contributed by atoms with E-state index >= 15 is 0 Å². The molecule has 0 saturated heterocycles. The van der Waals surface area contributed by atoms with Gasteiger partial charge in [-0.15, -0.1) is 17.7 Å². The number of diazo groups is 1. The molecule has 0 fully saturated rings. The molecule has 196 valence electrons. The van der Waals surface area contributed by atoms with Crippen molar-refractivity contribution in [2.75, 3.05) is 13.2 Å². The smallest absolute Gasteiger partial charge is 0.430 e. The van der Waals surface area contributed by atoms with Crippen LogP contribution < -0.4 is 9.47 Å². The molecule has 0 atom stereocenters. The zero-order chi connectivity index (χ0) is 29.1. The number of benzene rings is 2. The molecule has 2 aromatic rings. The van der Waals surface area contributed by atoms with E-state index in [-0.39, 0.29) is 0 Å². The molecule has 0 aliphatic heterocycles. The van der Waals surface area contributed by atoms with E-state index in [2.05, 4.69) is 50.0 Å². The first kappa shape index (κ1) is 32.0. The van der Waals surface area contributed by atoms with Gasteiger partial charge < -0.3 is 14.7 Å². The van der Waals surface area contributed by atoms with Crippen LogP contribution in [0.3, 0.4) is 0 Å². The standard InChI is InChI=1S/C21H27N2O2S.C8N5/c1-4-6-12-24-19-15-21(26-17-10-8-16(3)9-11-17)20(14-18(19)23-22)25-13-7-5-2;9-2-1-7(3-10)8(4-11,5-12)6-13/h8-11,14-15H,4-7,12-13H2,1-3H3;/q+1;-1. The fourth-order valence-electron chi connectivity index (χ4n) is 2.81. The average molecular weight is 538 g/mol. The zero-order valence-corrected chi connectivity index (χ0v) is 22.9. The molecule has 0 aliphatic carbocycles. The Kier molecular flexibility index (Phi) is 14.3. The first-order chi connectivity index (χ1) is 18.9. The molecule has 39 heavy (non-hydrogen) atoms. The number of nitriles is 5. The summed E-state index contributed by atoms with van der Waals surface area (Å²) >= 11 is 1.63. The van der Waals surface area contributed by atoms with Crippen LogP contribution in [0.1, 0.15) is 45.1 Å². The van der Waals surface area contributed by atoms with Gasteiger partial charge in [0.1, 0.15) is 24.0 Å². The van der Waals surface area contributed by atoms with Crippen molar-refractivity contribution < 1.29 is 9.47 Å². The Morgan fingerprint density at radius 2 is 1.46 bits per heavy atom. The van der Waals surface area contributed by atoms with Crippen LogP contribution in [0.25, 0.3) is 4.98 Å². The molecule has 0 amide bonds. The first-order valence-corrected chi connectivity index (χ1v) is 12.9. The Bertz CT molecular complexity index is 1360. The van der Waals surface area contributed by atoms with E-state index in [1.807, 2.05) is 12.1 Å². The minimum Gasteiger partial charge on any atom is -0.492 e. The number of ether oxygens (including phenoxy) is 2. The van der Waals surface area contributed by atoms with E-state index in [1.165, 1.54) is 35.9 Å². The number of nitrogens with zero attached hydrogens (tertiary/aromatic N) is 7. The van der Waals surface area contributed by atoms with Crippen molar-refractivity contribution >= 4 is 17.4 Å². The summed E-state index contributed by atoms with van der Waals surface area (Å²) in [5, 5.41) is 51.4. The van der Waals surface area contributed by atoms with E-state index in [1.54, 1.807) is 17.8 Å². The second kappa shape index (κ2) is 17.5. The molecule has 9 nitrogen and oxygen atoms in total. The van der Waals surface area contributed by atoms with Gasteiger partial charge in [-0.1, -0.05) is 56.1 Å². The molecule has 2 aromatic carbocycles. The van der Waals surface area contributed by atoms with Crippen molar-refractivity contribution in [2.24, 2.45) is 5.41 Å². The molecule has 0 aliphatic rings. The largest absolute Gasteiger partial charge is 0.492 e. The van der Waals surface area contributed by atoms with E-state index in [0.717, 1.165) is 41.2 Å². The summed E-state index contributed by atoms with van der Waals surface area (Å²) < 4.78 is 11.8. The van der Waals surface area contributed by atoms with Crippen LogP contribution in [0, 0.1) is 80.5 Å². The molecular formula is C29H27N7O2S. The third kappa shape index (κ3) is 9.76. The summed E-state index contributed by atoms with van der Waals surface area (Å²) in [5.74, 6) is 1.30. The Labute approximate surface area is 233 Å². The average Bonchev–Trinajstić information content (AvgIpc) is 2.96. The molecule has 0 saturated carbocycles. The Morgan fingerprint density at radius 3 is 1.92 bits per heavy atom. The van der Waals surface area contributed by atoms with Crippen LogP contribution in [0.2, 0.25) is 0 Å². The van der Waals surface area contributed by atoms with Gasteiger partial charge in [-0.05, 0) is 38.0 Å². The molecule has 0 radical (unpaired) electrons. The van der Waals surface area contributed by atoms with Gasteiger partial charge in [-0.3, -0.25) is 0 Å². The van der Waals surface area contributed by atoms with Crippen LogP contribution in [-0.2, 0) is 0 Å². The summed E-state index contributed by atoms with van der Waals surface area (Å²) in [4.78, 5) is 5.47. The first-order valence-electron chi connectivity index (χ1n) is 12.1. The quantitative estimate of drug-likeness (QED) is 0.123. The summed E-state index contributed by atoms with van der Waals surface area (Å²) in [7, 11) is 0. The van der Waals surface area contributed by atoms with Gasteiger partial charge in [0.25, 0.3) is 0 Å². The fourth-order valence-corrected chi connectivity index (χ4v) is 3.72. The predicted octanol–water partition coefficient (Wildman–Crippen LogP) is 7.31. The molecular weight excluding hydrogens is 510 g/mol. The lowest BCUT2D eigenvalue weighted by molar-refractivity contribution is 0.296. The lowest BCUT2D eigenvalue weighted by Crippen LogP contribution is -2.15. The molecule has 0 spiro atoms. The maximum Gasteiger partial charge on any atom is 0.430 e. The summed E-state index contributed by atoms with van der Waals surface area (Å²) in [6.45, 7) is 7.56. The van der Waals surface area contributed by atoms with Crippen molar-refractivity contribution in [3.05, 3.63) is 58.6 Å². The van der Waals surface area contributed by atoms with Gasteiger partial charge in [-0.25, -0.2) is 5.26 Å². The number of hydrogen-bond acceptors (Lipinski definition) is 9. The second-order valence-corrected chi connectivity index (χ2v) is 9.11. The van der Waals surface area contributed by atoms with Crippen molar-refractivity contribution in [3.63, 3.8) is 0 Å². The molecule has 0 unspecified atom stereocenters. The van der Waals surface area contributed by atoms with E-state index in [9.17, 15) is 5.39 Å². The topological polar surface area (TPSA) is 166 Å². The van der Waals surface area contributed by atoms with Crippen molar-refractivity contribution in [1.29, 1.82) is 31.7 Å². The monoisotopic (exact) mass is 537 g/mol. The second-order valence-electron chi connectivity index (χ2n) is 7.99. The molecule has 0 aromatic heterocycles. The summed E-state index contributed by atoms with van der Waals surface area (Å²) in [6, 6.07) is 18.9. The molecule has 10 heteroatoms. The van der Waals surface area contributed by atoms with E-state index in [0.29, 0.717) is 24.7 Å². The maximum absolute atomic E-state index is 9.36. The SMILES string of the molecule is CCCCOc1cc(Sc2ccc(C)cc2)c(OCCCC)cc1[N+]#N.N#C[C-]=C(C#N)C(C#N)(C#N)C#N. The zero-order valence-electron chi connectivity index (χ0n) is 22.1. The minimum absolute atomic E-state index is 0.404. The molecule has 0 N–H and O–H groups in total. The lowest BCUT2D eigenvalue weighted by Gasteiger charge is -2.12. The van der Waals surface area contributed by atoms with Crippen molar-refractivity contribution in [3.8, 4) is 41.8 Å². The van der Waals surface area contributed by atoms with Gasteiger partial charge in [0, 0.05) is 11.0 Å². The molecule has 0 heterocycles. The molecule has 2 rings (SSSR count). The number of aryl methyl sites for hydroxylation is 1. The third-order valence-electron chi connectivity index (χ3n) is 5.06. The van der Waals surface area contributed by atoms with Crippen LogP contribution >= 0.6 is 11.8 Å². The highest BCUT2D eigenvalue weighted by atomic mass is 32.2. The van der Waals surface area contributed by atoms with Crippen LogP contribution in [0.4, 0.5) is 5.69 Å². The highest BCUT2D eigenvalue weighted by Crippen LogP contribution is 2.43. The van der Waals surface area contributed by atoms with Gasteiger partial charge in [0.2, 0.25) is 16.6 Å². The normalized spacial score (nSPS) is 10.1. The van der Waals surface area contributed by atoms with E-state index < -0.39 is 11.0 Å². The van der Waals surface area contributed by atoms with Crippen molar-refractivity contribution in [2.45, 2.75) is 56.2 Å². The van der Waals surface area contributed by atoms with Gasteiger partial charge in [0.05, 0.1) is 24.2 Å². The predicted molar refractivity (Wildman–Crippen MR) is 145 cm³/mol.